The summed E-state index contributed by atoms with van der Waals surface area (Å²) in [5, 5.41) is 2.39. The predicted molar refractivity (Wildman–Crippen MR) is 98.9 cm³/mol. The SMILES string of the molecule is O=C1CC(CC(Sc2ccccc2)Sc2ccccc2)CC(=O)N1. The van der Waals surface area contributed by atoms with Crippen LogP contribution in [-0.2, 0) is 9.59 Å². The summed E-state index contributed by atoms with van der Waals surface area (Å²) in [6.45, 7) is 0. The van der Waals surface area contributed by atoms with Crippen LogP contribution in [0.25, 0.3) is 0 Å². The third-order valence-electron chi connectivity index (χ3n) is 3.77. The summed E-state index contributed by atoms with van der Waals surface area (Å²) in [5.41, 5.74) is 0. The molecular weight excluding hydrogens is 338 g/mol. The van der Waals surface area contributed by atoms with Crippen LogP contribution in [0.2, 0.25) is 0 Å². The van der Waals surface area contributed by atoms with Gasteiger partial charge in [0.2, 0.25) is 11.8 Å². The van der Waals surface area contributed by atoms with Crippen LogP contribution >= 0.6 is 23.5 Å². The van der Waals surface area contributed by atoms with Crippen LogP contribution in [0.5, 0.6) is 0 Å². The van der Waals surface area contributed by atoms with Crippen LogP contribution in [0.15, 0.2) is 70.5 Å². The molecule has 1 heterocycles. The molecule has 0 unspecified atom stereocenters. The van der Waals surface area contributed by atoms with Crippen molar-refractivity contribution in [2.45, 2.75) is 33.6 Å². The second kappa shape index (κ2) is 8.40. The van der Waals surface area contributed by atoms with Gasteiger partial charge in [0, 0.05) is 22.6 Å². The lowest BCUT2D eigenvalue weighted by Gasteiger charge is -2.25. The fourth-order valence-corrected chi connectivity index (χ4v) is 5.55. The van der Waals surface area contributed by atoms with Gasteiger partial charge in [0.25, 0.3) is 0 Å². The van der Waals surface area contributed by atoms with Crippen LogP contribution < -0.4 is 5.32 Å². The van der Waals surface area contributed by atoms with E-state index in [0.717, 1.165) is 6.42 Å². The van der Waals surface area contributed by atoms with Crippen LogP contribution in [0, 0.1) is 5.92 Å². The molecule has 2 aromatic rings. The summed E-state index contributed by atoms with van der Waals surface area (Å²) in [6.07, 6.45) is 1.71. The maximum Gasteiger partial charge on any atom is 0.226 e. The number of benzene rings is 2. The molecule has 0 aliphatic carbocycles. The van der Waals surface area contributed by atoms with Gasteiger partial charge in [-0.15, -0.1) is 23.5 Å². The Hall–Kier alpha value is -1.72. The normalized spacial score (nSPS) is 15.5. The van der Waals surface area contributed by atoms with Gasteiger partial charge in [-0.1, -0.05) is 36.4 Å². The maximum atomic E-state index is 11.6. The minimum Gasteiger partial charge on any atom is -0.296 e. The highest BCUT2D eigenvalue weighted by molar-refractivity contribution is 8.17. The zero-order chi connectivity index (χ0) is 16.8. The number of carbonyl (C=O) groups excluding carboxylic acids is 2. The van der Waals surface area contributed by atoms with Gasteiger partial charge < -0.3 is 0 Å². The van der Waals surface area contributed by atoms with Crippen molar-refractivity contribution in [3.05, 3.63) is 60.7 Å². The average Bonchev–Trinajstić information content (AvgIpc) is 2.55. The molecule has 0 radical (unpaired) electrons. The van der Waals surface area contributed by atoms with Gasteiger partial charge in [0.15, 0.2) is 0 Å². The summed E-state index contributed by atoms with van der Waals surface area (Å²) in [6, 6.07) is 20.5. The number of carbonyl (C=O) groups is 2. The van der Waals surface area contributed by atoms with Crippen molar-refractivity contribution in [3.63, 3.8) is 0 Å². The Kier molecular flexibility index (Phi) is 5.99. The number of thioether (sulfide) groups is 2. The van der Waals surface area contributed by atoms with Gasteiger partial charge in [-0.05, 0) is 36.6 Å². The quantitative estimate of drug-likeness (QED) is 0.475. The molecule has 24 heavy (non-hydrogen) atoms. The molecule has 0 aromatic heterocycles. The summed E-state index contributed by atoms with van der Waals surface area (Å²) in [7, 11) is 0. The molecule has 124 valence electrons. The fraction of sp³-hybridized carbons (Fsp3) is 0.263. The Morgan fingerprint density at radius 1 is 0.833 bits per heavy atom. The van der Waals surface area contributed by atoms with E-state index in [0.29, 0.717) is 12.8 Å². The second-order valence-electron chi connectivity index (χ2n) is 5.77. The van der Waals surface area contributed by atoms with Crippen LogP contribution in [0.1, 0.15) is 19.3 Å². The topological polar surface area (TPSA) is 46.2 Å². The highest BCUT2D eigenvalue weighted by Gasteiger charge is 2.28. The lowest BCUT2D eigenvalue weighted by molar-refractivity contribution is -0.134. The second-order valence-corrected chi connectivity index (χ2v) is 8.62. The highest BCUT2D eigenvalue weighted by atomic mass is 32.2. The van der Waals surface area contributed by atoms with Crippen LogP contribution in [0.4, 0.5) is 0 Å². The number of rotatable bonds is 6. The zero-order valence-corrected chi connectivity index (χ0v) is 14.8. The average molecular weight is 358 g/mol. The number of amides is 2. The standard InChI is InChI=1S/C19H19NO2S2/c21-17-11-14(12-18(22)20-17)13-19(23-15-7-3-1-4-8-15)24-16-9-5-2-6-10-16/h1-10,14,19H,11-13H2,(H,20,21,22). The molecule has 0 bridgehead atoms. The van der Waals surface area contributed by atoms with E-state index in [-0.39, 0.29) is 22.3 Å². The van der Waals surface area contributed by atoms with Crippen LogP contribution in [-0.4, -0.2) is 16.4 Å². The molecular formula is C19H19NO2S2. The molecule has 3 nitrogen and oxygen atoms in total. The molecule has 1 aliphatic rings. The van der Waals surface area contributed by atoms with Gasteiger partial charge in [0.05, 0.1) is 4.58 Å². The van der Waals surface area contributed by atoms with Crippen molar-refractivity contribution in [1.29, 1.82) is 0 Å². The number of hydrogen-bond donors (Lipinski definition) is 1. The minimum atomic E-state index is -0.149. The van der Waals surface area contributed by atoms with Crippen molar-refractivity contribution >= 4 is 35.3 Å². The smallest absolute Gasteiger partial charge is 0.226 e. The molecule has 1 aliphatic heterocycles. The Balaban J connectivity index is 1.71. The lowest BCUT2D eigenvalue weighted by Crippen LogP contribution is -2.39. The molecule has 1 saturated heterocycles. The summed E-state index contributed by atoms with van der Waals surface area (Å²) in [5.74, 6) is -0.183. The van der Waals surface area contributed by atoms with Gasteiger partial charge >= 0.3 is 0 Å². The van der Waals surface area contributed by atoms with Gasteiger partial charge in [0.1, 0.15) is 0 Å². The number of hydrogen-bond acceptors (Lipinski definition) is 4. The van der Waals surface area contributed by atoms with Crippen LogP contribution in [0.3, 0.4) is 0 Å². The molecule has 0 spiro atoms. The van der Waals surface area contributed by atoms with E-state index in [4.69, 9.17) is 0 Å². The molecule has 1 fully saturated rings. The zero-order valence-electron chi connectivity index (χ0n) is 13.2. The van der Waals surface area contributed by atoms with E-state index < -0.39 is 0 Å². The van der Waals surface area contributed by atoms with E-state index in [1.54, 1.807) is 23.5 Å². The molecule has 2 aromatic carbocycles. The van der Waals surface area contributed by atoms with E-state index >= 15 is 0 Å². The minimum absolute atomic E-state index is 0.115. The maximum absolute atomic E-state index is 11.6. The number of nitrogens with one attached hydrogen (secondary N) is 1. The van der Waals surface area contributed by atoms with Crippen molar-refractivity contribution in [1.82, 2.24) is 5.32 Å². The van der Waals surface area contributed by atoms with E-state index in [2.05, 4.69) is 29.6 Å². The Labute approximate surface area is 150 Å². The Morgan fingerprint density at radius 2 is 1.29 bits per heavy atom. The number of piperidine rings is 1. The molecule has 0 saturated carbocycles. The van der Waals surface area contributed by atoms with Gasteiger partial charge in [-0.3, -0.25) is 14.9 Å². The Morgan fingerprint density at radius 3 is 1.75 bits per heavy atom. The Bertz CT molecular complexity index is 634. The van der Waals surface area contributed by atoms with Crippen molar-refractivity contribution in [2.24, 2.45) is 5.92 Å². The van der Waals surface area contributed by atoms with Gasteiger partial charge in [-0.25, -0.2) is 0 Å². The largest absolute Gasteiger partial charge is 0.296 e. The molecule has 3 rings (SSSR count). The third-order valence-corrected chi connectivity index (χ3v) is 6.35. The monoisotopic (exact) mass is 357 g/mol. The summed E-state index contributed by atoms with van der Waals surface area (Å²) >= 11 is 3.60. The van der Waals surface area contributed by atoms with Gasteiger partial charge in [-0.2, -0.15) is 0 Å². The van der Waals surface area contributed by atoms with Crippen molar-refractivity contribution in [2.75, 3.05) is 0 Å². The first-order valence-corrected chi connectivity index (χ1v) is 9.71. The highest BCUT2D eigenvalue weighted by Crippen LogP contribution is 2.40. The van der Waals surface area contributed by atoms with E-state index in [1.807, 2.05) is 36.4 Å². The van der Waals surface area contributed by atoms with Crippen molar-refractivity contribution < 1.29 is 9.59 Å². The first kappa shape index (κ1) is 17.1. The molecule has 2 amide bonds. The fourth-order valence-electron chi connectivity index (χ4n) is 2.71. The summed E-state index contributed by atoms with van der Waals surface area (Å²) < 4.78 is 0.262. The predicted octanol–water partition coefficient (Wildman–Crippen LogP) is 4.34. The van der Waals surface area contributed by atoms with Crippen molar-refractivity contribution in [3.8, 4) is 0 Å². The first-order valence-electron chi connectivity index (χ1n) is 7.95. The van der Waals surface area contributed by atoms with E-state index in [1.165, 1.54) is 9.79 Å². The number of imide groups is 1. The van der Waals surface area contributed by atoms with E-state index in [9.17, 15) is 9.59 Å². The molecule has 1 N–H and O–H groups in total. The first-order chi connectivity index (χ1) is 11.7. The molecule has 5 heteroatoms. The molecule has 0 atom stereocenters. The lowest BCUT2D eigenvalue weighted by atomic mass is 9.94. The third kappa shape index (κ3) is 5.14. The summed E-state index contributed by atoms with van der Waals surface area (Å²) in [4.78, 5) is 25.7.